The third kappa shape index (κ3) is 6.51. The van der Waals surface area contributed by atoms with Crippen molar-refractivity contribution in [2.24, 2.45) is 0 Å². The molecule has 0 saturated carbocycles. The van der Waals surface area contributed by atoms with Gasteiger partial charge >= 0.3 is 0 Å². The molecule has 0 aromatic carbocycles. The maximum Gasteiger partial charge on any atom is 0.135 e. The van der Waals surface area contributed by atoms with E-state index in [0.29, 0.717) is 0 Å². The summed E-state index contributed by atoms with van der Waals surface area (Å²) in [5.41, 5.74) is 1.81. The maximum absolute atomic E-state index is 6.60. The first-order valence-electron chi connectivity index (χ1n) is 10.2. The maximum atomic E-state index is 6.60. The number of aromatic nitrogens is 4. The number of aromatic amines is 2. The Labute approximate surface area is 163 Å². The van der Waals surface area contributed by atoms with Gasteiger partial charge in [0.1, 0.15) is 11.6 Å². The Kier molecular flexibility index (Phi) is 9.05. The van der Waals surface area contributed by atoms with E-state index in [1.165, 1.54) is 25.7 Å². The Morgan fingerprint density at radius 3 is 1.63 bits per heavy atom. The van der Waals surface area contributed by atoms with Gasteiger partial charge in [0, 0.05) is 35.9 Å². The summed E-state index contributed by atoms with van der Waals surface area (Å²) in [5.74, 6) is 1.60. The van der Waals surface area contributed by atoms with Gasteiger partial charge in [-0.15, -0.1) is 0 Å². The fourth-order valence-electron chi connectivity index (χ4n) is 3.19. The first-order valence-corrected chi connectivity index (χ1v) is 10.2. The number of ether oxygens (including phenoxy) is 1. The topological polar surface area (TPSA) is 66.6 Å². The van der Waals surface area contributed by atoms with Crippen LogP contribution in [-0.2, 0) is 4.74 Å². The van der Waals surface area contributed by atoms with Crippen LogP contribution in [0, 0.1) is 0 Å². The number of hydrogen-bond donors (Lipinski definition) is 2. The van der Waals surface area contributed by atoms with Crippen LogP contribution in [0.5, 0.6) is 0 Å². The molecular weight excluding hydrogens is 336 g/mol. The van der Waals surface area contributed by atoms with Gasteiger partial charge < -0.3 is 14.7 Å². The number of nitrogens with one attached hydrogen (secondary N) is 2. The van der Waals surface area contributed by atoms with Gasteiger partial charge in [0.25, 0.3) is 0 Å². The van der Waals surface area contributed by atoms with Gasteiger partial charge in [0.2, 0.25) is 0 Å². The average Bonchev–Trinajstić information content (AvgIpc) is 3.39. The SMILES string of the molecule is C=C(c1ncc[nH]1)C(CCCCC)OC(CCCCC)C(=C)c1ncc[nH]1. The molecule has 0 aliphatic rings. The van der Waals surface area contributed by atoms with E-state index in [4.69, 9.17) is 4.74 Å². The predicted octanol–water partition coefficient (Wildman–Crippen LogP) is 5.77. The lowest BCUT2D eigenvalue weighted by molar-refractivity contribution is 0.0407. The lowest BCUT2D eigenvalue weighted by Crippen LogP contribution is -2.25. The van der Waals surface area contributed by atoms with Crippen molar-refractivity contribution in [3.8, 4) is 0 Å². The van der Waals surface area contributed by atoms with Gasteiger partial charge in [0.05, 0.1) is 12.2 Å². The zero-order valence-corrected chi connectivity index (χ0v) is 16.8. The van der Waals surface area contributed by atoms with Crippen molar-refractivity contribution < 1.29 is 4.74 Å². The van der Waals surface area contributed by atoms with Gasteiger partial charge in [-0.05, 0) is 12.8 Å². The number of hydrogen-bond acceptors (Lipinski definition) is 3. The molecule has 2 N–H and O–H groups in total. The molecule has 0 amide bonds. The summed E-state index contributed by atoms with van der Waals surface area (Å²) >= 11 is 0. The van der Waals surface area contributed by atoms with Crippen molar-refractivity contribution >= 4 is 11.1 Å². The molecule has 0 saturated heterocycles. The monoisotopic (exact) mass is 370 g/mol. The van der Waals surface area contributed by atoms with Crippen LogP contribution in [0.4, 0.5) is 0 Å². The Morgan fingerprint density at radius 2 is 1.30 bits per heavy atom. The summed E-state index contributed by atoms with van der Waals surface area (Å²) in [5, 5.41) is 0. The summed E-state index contributed by atoms with van der Waals surface area (Å²) in [4.78, 5) is 15.1. The van der Waals surface area contributed by atoms with Crippen LogP contribution < -0.4 is 0 Å². The van der Waals surface area contributed by atoms with Crippen molar-refractivity contribution in [3.05, 3.63) is 49.6 Å². The van der Waals surface area contributed by atoms with E-state index in [0.717, 1.165) is 48.5 Å². The minimum Gasteiger partial charge on any atom is -0.365 e. The van der Waals surface area contributed by atoms with Crippen LogP contribution in [-0.4, -0.2) is 32.1 Å². The highest BCUT2D eigenvalue weighted by Crippen LogP contribution is 2.28. The minimum atomic E-state index is -0.0824. The normalized spacial score (nSPS) is 13.4. The second-order valence-electron chi connectivity index (χ2n) is 7.03. The van der Waals surface area contributed by atoms with E-state index < -0.39 is 0 Å². The molecule has 2 unspecified atom stereocenters. The lowest BCUT2D eigenvalue weighted by Gasteiger charge is -2.27. The first kappa shape index (κ1) is 21.2. The van der Waals surface area contributed by atoms with E-state index in [1.807, 2.05) is 12.4 Å². The molecule has 2 aromatic rings. The predicted molar refractivity (Wildman–Crippen MR) is 112 cm³/mol. The summed E-state index contributed by atoms with van der Waals surface area (Å²) in [7, 11) is 0. The molecule has 0 fully saturated rings. The van der Waals surface area contributed by atoms with Crippen molar-refractivity contribution in [2.75, 3.05) is 0 Å². The molecule has 0 radical (unpaired) electrons. The molecule has 2 atom stereocenters. The van der Waals surface area contributed by atoms with Crippen LogP contribution in [0.1, 0.15) is 76.9 Å². The van der Waals surface area contributed by atoms with E-state index in [9.17, 15) is 0 Å². The van der Waals surface area contributed by atoms with E-state index in [-0.39, 0.29) is 12.2 Å². The minimum absolute atomic E-state index is 0.0824. The van der Waals surface area contributed by atoms with Crippen LogP contribution in [0.15, 0.2) is 37.9 Å². The van der Waals surface area contributed by atoms with Gasteiger partial charge in [0.15, 0.2) is 0 Å². The Hall–Kier alpha value is -2.14. The highest BCUT2D eigenvalue weighted by Gasteiger charge is 2.24. The number of unbranched alkanes of at least 4 members (excludes halogenated alkanes) is 4. The third-order valence-electron chi connectivity index (χ3n) is 4.85. The Balaban J connectivity index is 2.13. The highest BCUT2D eigenvalue weighted by atomic mass is 16.5. The Bertz CT molecular complexity index is 602. The van der Waals surface area contributed by atoms with Gasteiger partial charge in [-0.1, -0.05) is 65.5 Å². The van der Waals surface area contributed by atoms with Gasteiger partial charge in [-0.25, -0.2) is 9.97 Å². The van der Waals surface area contributed by atoms with Crippen molar-refractivity contribution in [3.63, 3.8) is 0 Å². The molecular formula is C22H34N4O. The molecule has 0 spiro atoms. The molecule has 2 heterocycles. The molecule has 0 bridgehead atoms. The molecule has 5 nitrogen and oxygen atoms in total. The zero-order chi connectivity index (χ0) is 19.5. The van der Waals surface area contributed by atoms with Gasteiger partial charge in [-0.3, -0.25) is 0 Å². The second kappa shape index (κ2) is 11.5. The van der Waals surface area contributed by atoms with Crippen molar-refractivity contribution in [2.45, 2.75) is 77.4 Å². The summed E-state index contributed by atoms with van der Waals surface area (Å²) in [6.45, 7) is 13.0. The van der Waals surface area contributed by atoms with E-state index >= 15 is 0 Å². The molecule has 5 heteroatoms. The van der Waals surface area contributed by atoms with Crippen LogP contribution in [0.25, 0.3) is 11.1 Å². The fraction of sp³-hybridized carbons (Fsp3) is 0.545. The molecule has 2 aromatic heterocycles. The quantitative estimate of drug-likeness (QED) is 0.415. The number of nitrogens with zero attached hydrogens (tertiary/aromatic N) is 2. The second-order valence-corrected chi connectivity index (χ2v) is 7.03. The molecule has 27 heavy (non-hydrogen) atoms. The highest BCUT2D eigenvalue weighted by molar-refractivity contribution is 5.63. The average molecular weight is 371 g/mol. The molecule has 2 rings (SSSR count). The number of H-pyrrole nitrogens is 2. The summed E-state index contributed by atoms with van der Waals surface area (Å²) in [6.07, 6.45) is 15.8. The molecule has 0 aliphatic heterocycles. The lowest BCUT2D eigenvalue weighted by atomic mass is 10.0. The summed E-state index contributed by atoms with van der Waals surface area (Å²) < 4.78 is 6.60. The fourth-order valence-corrected chi connectivity index (χ4v) is 3.19. The Morgan fingerprint density at radius 1 is 0.852 bits per heavy atom. The van der Waals surface area contributed by atoms with Crippen LogP contribution >= 0.6 is 0 Å². The van der Waals surface area contributed by atoms with E-state index in [1.54, 1.807) is 12.4 Å². The number of rotatable bonds is 14. The largest absolute Gasteiger partial charge is 0.365 e. The molecule has 0 aliphatic carbocycles. The number of imidazole rings is 2. The van der Waals surface area contributed by atoms with Crippen molar-refractivity contribution in [1.29, 1.82) is 0 Å². The zero-order valence-electron chi connectivity index (χ0n) is 16.8. The summed E-state index contributed by atoms with van der Waals surface area (Å²) in [6, 6.07) is 0. The van der Waals surface area contributed by atoms with E-state index in [2.05, 4.69) is 46.9 Å². The van der Waals surface area contributed by atoms with Crippen LogP contribution in [0.3, 0.4) is 0 Å². The first-order chi connectivity index (χ1) is 13.2. The van der Waals surface area contributed by atoms with Gasteiger partial charge in [-0.2, -0.15) is 0 Å². The van der Waals surface area contributed by atoms with Crippen molar-refractivity contribution in [1.82, 2.24) is 19.9 Å². The third-order valence-corrected chi connectivity index (χ3v) is 4.85. The standard InChI is InChI=1S/C22H34N4O/c1-5-7-9-11-19(17(3)21-23-13-14-24-21)27-20(12-10-8-6-2)18(4)22-25-15-16-26-22/h13-16,19-20H,3-12H2,1-2H3,(H,23,24)(H,25,26). The smallest absolute Gasteiger partial charge is 0.135 e. The molecule has 148 valence electrons. The van der Waals surface area contributed by atoms with Crippen LogP contribution in [0.2, 0.25) is 0 Å².